The van der Waals surface area contributed by atoms with Crippen LogP contribution in [0, 0.1) is 0 Å². The van der Waals surface area contributed by atoms with Gasteiger partial charge in [-0.25, -0.2) is 13.2 Å². The number of aromatic nitrogens is 2. The molecule has 1 atom stereocenters. The lowest BCUT2D eigenvalue weighted by Gasteiger charge is -2.20. The fraction of sp³-hybridized carbons (Fsp3) is 0.231. The molecule has 6 nitrogen and oxygen atoms in total. The van der Waals surface area contributed by atoms with E-state index in [1.54, 1.807) is 0 Å². The van der Waals surface area contributed by atoms with Crippen LogP contribution < -0.4 is 10.0 Å². The average Bonchev–Trinajstić information content (AvgIpc) is 2.86. The van der Waals surface area contributed by atoms with Gasteiger partial charge >= 0.3 is 11.7 Å². The van der Waals surface area contributed by atoms with E-state index in [2.05, 4.69) is 5.10 Å². The van der Waals surface area contributed by atoms with Gasteiger partial charge in [0.1, 0.15) is 11.4 Å². The van der Waals surface area contributed by atoms with Crippen molar-refractivity contribution in [2.75, 3.05) is 10.0 Å². The molecule has 28 heavy (non-hydrogen) atoms. The molecule has 0 radical (unpaired) electrons. The number of carbonyl (C=O) groups excluding carboxylic acids is 1. The van der Waals surface area contributed by atoms with E-state index in [4.69, 9.17) is 28.9 Å². The third-order valence-corrected chi connectivity index (χ3v) is 4.97. The summed E-state index contributed by atoms with van der Waals surface area (Å²) in [5.74, 6) is -1.93. The van der Waals surface area contributed by atoms with E-state index in [1.165, 1.54) is 0 Å². The summed E-state index contributed by atoms with van der Waals surface area (Å²) in [5, 5.41) is 2.49. The van der Waals surface area contributed by atoms with Crippen LogP contribution in [0.2, 0.25) is 10.0 Å². The van der Waals surface area contributed by atoms with E-state index in [0.29, 0.717) is 29.9 Å². The number of nitrogens with two attached hydrogens (primary N) is 1. The van der Waals surface area contributed by atoms with Crippen LogP contribution in [0.4, 0.5) is 37.8 Å². The fourth-order valence-corrected chi connectivity index (χ4v) is 3.50. The summed E-state index contributed by atoms with van der Waals surface area (Å²) in [4.78, 5) is 11.6. The molecule has 0 aliphatic heterocycles. The van der Waals surface area contributed by atoms with Crippen LogP contribution in [0.1, 0.15) is 12.5 Å². The van der Waals surface area contributed by atoms with Crippen LogP contribution in [0.5, 0.6) is 0 Å². The quantitative estimate of drug-likeness (QED) is 0.680. The van der Waals surface area contributed by atoms with Crippen LogP contribution in [0.15, 0.2) is 18.3 Å². The van der Waals surface area contributed by atoms with Gasteiger partial charge in [-0.3, -0.25) is 4.79 Å². The molecule has 0 fully saturated rings. The van der Waals surface area contributed by atoms with Crippen molar-refractivity contribution in [2.24, 2.45) is 0 Å². The second-order valence-electron chi connectivity index (χ2n) is 5.12. The molecule has 0 bridgehead atoms. The molecule has 2 N–H and O–H groups in total. The van der Waals surface area contributed by atoms with Crippen LogP contribution in [0.3, 0.4) is 0 Å². The van der Waals surface area contributed by atoms with Gasteiger partial charge in [0.2, 0.25) is 16.9 Å². The van der Waals surface area contributed by atoms with E-state index < -0.39 is 55.7 Å². The zero-order chi connectivity index (χ0) is 21.6. The highest BCUT2D eigenvalue weighted by molar-refractivity contribution is 7.88. The Hall–Kier alpha value is -1.99. The van der Waals surface area contributed by atoms with Crippen LogP contribution in [-0.2, 0) is 22.0 Å². The van der Waals surface area contributed by atoms with Crippen molar-refractivity contribution >= 4 is 51.6 Å². The summed E-state index contributed by atoms with van der Waals surface area (Å²) < 4.78 is 88.9. The summed E-state index contributed by atoms with van der Waals surface area (Å²) in [6.45, 7) is 0.707. The summed E-state index contributed by atoms with van der Waals surface area (Å²) in [6, 6.07) is 1.03. The van der Waals surface area contributed by atoms with Crippen LogP contribution in [0.25, 0.3) is 5.69 Å². The number of carbonyl (C=O) groups is 1. The number of hydrogen-bond acceptors (Lipinski definition) is 4. The lowest BCUT2D eigenvalue weighted by molar-refractivity contribution is -0.137. The van der Waals surface area contributed by atoms with Gasteiger partial charge in [-0.05, 0) is 12.1 Å². The van der Waals surface area contributed by atoms with Crippen molar-refractivity contribution in [3.63, 3.8) is 0 Å². The highest BCUT2D eigenvalue weighted by Crippen LogP contribution is 2.40. The molecule has 1 heterocycles. The van der Waals surface area contributed by atoms with Crippen molar-refractivity contribution in [1.82, 2.24) is 9.78 Å². The number of nitrogen functional groups attached to an aromatic ring is 1. The molecule has 1 amide bonds. The van der Waals surface area contributed by atoms with Gasteiger partial charge in [0.25, 0.3) is 0 Å². The number of amides is 1. The molecule has 154 valence electrons. The minimum absolute atomic E-state index is 0.162. The van der Waals surface area contributed by atoms with Gasteiger partial charge in [0.05, 0.1) is 21.8 Å². The lowest BCUT2D eigenvalue weighted by atomic mass is 10.2. The first-order valence-electron chi connectivity index (χ1n) is 6.85. The highest BCUT2D eigenvalue weighted by atomic mass is 35.5. The summed E-state index contributed by atoms with van der Waals surface area (Å²) >= 11 is 11.6. The van der Waals surface area contributed by atoms with Crippen LogP contribution in [-0.4, -0.2) is 25.4 Å². The predicted molar refractivity (Wildman–Crippen MR) is 90.4 cm³/mol. The largest absolute Gasteiger partial charge is 0.491 e. The summed E-state index contributed by atoms with van der Waals surface area (Å²) in [5.41, 5.74) is -1.86. The number of alkyl halides is 6. The maximum absolute atomic E-state index is 12.8. The average molecular weight is 469 g/mol. The van der Waals surface area contributed by atoms with Gasteiger partial charge in [0, 0.05) is 6.92 Å². The van der Waals surface area contributed by atoms with Crippen molar-refractivity contribution in [3.8, 4) is 5.69 Å². The molecule has 0 aliphatic carbocycles. The SMILES string of the molecule is CC(=O)N(c1cnn(-c2c(Cl)cc(C(F)(F)F)cc2Cl)c1N)S(=O)C(F)(F)F. The first-order chi connectivity index (χ1) is 12.7. The summed E-state index contributed by atoms with van der Waals surface area (Å²) in [7, 11) is -3.80. The molecule has 2 rings (SSSR count). The zero-order valence-electron chi connectivity index (χ0n) is 13.4. The Morgan fingerprint density at radius 1 is 1.18 bits per heavy atom. The normalized spacial score (nSPS) is 13.5. The van der Waals surface area contributed by atoms with Gasteiger partial charge in [0.15, 0.2) is 5.82 Å². The molecule has 2 aromatic rings. The van der Waals surface area contributed by atoms with E-state index in [0.717, 1.165) is 0 Å². The van der Waals surface area contributed by atoms with E-state index >= 15 is 0 Å². The Morgan fingerprint density at radius 3 is 2.07 bits per heavy atom. The second-order valence-corrected chi connectivity index (χ2v) is 7.26. The highest BCUT2D eigenvalue weighted by Gasteiger charge is 2.44. The molecule has 0 aliphatic rings. The minimum Gasteiger partial charge on any atom is -0.382 e. The summed E-state index contributed by atoms with van der Waals surface area (Å²) in [6.07, 6.45) is -4.09. The molecule has 1 aromatic heterocycles. The number of anilines is 2. The molecule has 0 saturated carbocycles. The third kappa shape index (κ3) is 4.20. The molecule has 1 aromatic carbocycles. The topological polar surface area (TPSA) is 81.2 Å². The Labute approximate surface area is 165 Å². The van der Waals surface area contributed by atoms with Gasteiger partial charge in [-0.15, -0.1) is 0 Å². The van der Waals surface area contributed by atoms with E-state index in [1.807, 2.05) is 0 Å². The molecule has 15 heteroatoms. The third-order valence-electron chi connectivity index (χ3n) is 3.21. The molecular weight excluding hydrogens is 461 g/mol. The maximum atomic E-state index is 12.8. The standard InChI is InChI=1S/C13H8Cl2F6N4O2S/c1-5(26)25(28(27)13(19,20)21)9-4-23-24(11(9)22)10-7(14)2-6(3-8(10)15)12(16,17)18/h2-4H,22H2,1H3. The maximum Gasteiger partial charge on any atom is 0.491 e. The van der Waals surface area contributed by atoms with Gasteiger partial charge in [-0.1, -0.05) is 23.2 Å². The number of benzene rings is 1. The molecular formula is C13H8Cl2F6N4O2S. The van der Waals surface area contributed by atoms with Crippen molar-refractivity contribution in [2.45, 2.75) is 18.6 Å². The fourth-order valence-electron chi connectivity index (χ4n) is 2.09. The number of hydrogen-bond donors (Lipinski definition) is 1. The van der Waals surface area contributed by atoms with Crippen molar-refractivity contribution in [1.29, 1.82) is 0 Å². The lowest BCUT2D eigenvalue weighted by Crippen LogP contribution is -2.38. The Morgan fingerprint density at radius 2 is 1.68 bits per heavy atom. The Bertz CT molecular complexity index is 936. The van der Waals surface area contributed by atoms with Crippen LogP contribution >= 0.6 is 23.2 Å². The molecule has 1 unspecified atom stereocenters. The number of rotatable bonds is 3. The minimum atomic E-state index is -5.29. The zero-order valence-corrected chi connectivity index (χ0v) is 15.7. The van der Waals surface area contributed by atoms with Gasteiger partial charge < -0.3 is 5.73 Å². The van der Waals surface area contributed by atoms with Gasteiger partial charge in [-0.2, -0.15) is 31.4 Å². The second kappa shape index (κ2) is 7.44. The van der Waals surface area contributed by atoms with Crippen molar-refractivity contribution in [3.05, 3.63) is 33.9 Å². The Kier molecular flexibility index (Phi) is 5.93. The monoisotopic (exact) mass is 468 g/mol. The predicted octanol–water partition coefficient (Wildman–Crippen LogP) is 4.32. The number of halogens is 8. The first-order valence-corrected chi connectivity index (χ1v) is 8.72. The first kappa shape index (κ1) is 22.3. The smallest absolute Gasteiger partial charge is 0.382 e. The van der Waals surface area contributed by atoms with Crippen molar-refractivity contribution < 1.29 is 35.3 Å². The number of nitrogens with zero attached hydrogens (tertiary/aromatic N) is 3. The van der Waals surface area contributed by atoms with E-state index in [9.17, 15) is 35.3 Å². The Balaban J connectivity index is 2.63. The molecule has 0 saturated heterocycles. The molecule has 0 spiro atoms. The van der Waals surface area contributed by atoms with E-state index in [-0.39, 0.29) is 9.99 Å².